The first kappa shape index (κ1) is 23.8. The number of carbonyl (C=O) groups excluding carboxylic acids is 1. The lowest BCUT2D eigenvalue weighted by atomic mass is 9.96. The molecule has 0 aliphatic carbocycles. The summed E-state index contributed by atoms with van der Waals surface area (Å²) in [5.41, 5.74) is 3.84. The van der Waals surface area contributed by atoms with E-state index < -0.39 is 6.04 Å². The Balaban J connectivity index is 1.63. The maximum Gasteiger partial charge on any atom is 0.291 e. The van der Waals surface area contributed by atoms with E-state index in [2.05, 4.69) is 6.92 Å². The van der Waals surface area contributed by atoms with Crippen LogP contribution in [0, 0.1) is 19.7 Å². The van der Waals surface area contributed by atoms with Crippen molar-refractivity contribution in [1.82, 2.24) is 4.90 Å². The molecule has 184 valence electrons. The molecule has 36 heavy (non-hydrogen) atoms. The fourth-order valence-corrected chi connectivity index (χ4v) is 4.89. The van der Waals surface area contributed by atoms with Gasteiger partial charge in [0, 0.05) is 6.54 Å². The summed E-state index contributed by atoms with van der Waals surface area (Å²) < 4.78 is 25.4. The molecule has 5 nitrogen and oxygen atoms in total. The van der Waals surface area contributed by atoms with Gasteiger partial charge in [0.15, 0.2) is 5.43 Å². The van der Waals surface area contributed by atoms with Gasteiger partial charge in [-0.1, -0.05) is 43.7 Å². The summed E-state index contributed by atoms with van der Waals surface area (Å²) in [6, 6.07) is 16.6. The van der Waals surface area contributed by atoms with Crippen molar-refractivity contribution in [2.75, 3.05) is 6.61 Å². The first-order valence-corrected chi connectivity index (χ1v) is 12.2. The molecule has 1 unspecified atom stereocenters. The molecule has 4 aromatic rings. The Kier molecular flexibility index (Phi) is 6.35. The van der Waals surface area contributed by atoms with Gasteiger partial charge in [0.1, 0.15) is 17.1 Å². The van der Waals surface area contributed by atoms with Crippen molar-refractivity contribution in [2.24, 2.45) is 0 Å². The number of carbonyl (C=O) groups is 1. The van der Waals surface area contributed by atoms with Crippen LogP contribution in [0.3, 0.4) is 0 Å². The number of nitrogens with zero attached hydrogens (tertiary/aromatic N) is 1. The van der Waals surface area contributed by atoms with E-state index in [1.165, 1.54) is 12.1 Å². The number of hydrogen-bond acceptors (Lipinski definition) is 4. The summed E-state index contributed by atoms with van der Waals surface area (Å²) in [7, 11) is 0. The van der Waals surface area contributed by atoms with Crippen LogP contribution in [0.5, 0.6) is 5.75 Å². The number of benzene rings is 3. The van der Waals surface area contributed by atoms with Crippen molar-refractivity contribution in [3.63, 3.8) is 0 Å². The molecule has 1 atom stereocenters. The Morgan fingerprint density at radius 3 is 2.42 bits per heavy atom. The van der Waals surface area contributed by atoms with Crippen LogP contribution in [-0.4, -0.2) is 17.4 Å². The minimum absolute atomic E-state index is 0.0629. The third kappa shape index (κ3) is 4.28. The molecule has 0 N–H and O–H groups in total. The molecule has 0 radical (unpaired) electrons. The highest BCUT2D eigenvalue weighted by atomic mass is 19.1. The average Bonchev–Trinajstić information content (AvgIpc) is 3.12. The van der Waals surface area contributed by atoms with Gasteiger partial charge in [-0.05, 0) is 72.9 Å². The van der Waals surface area contributed by atoms with Crippen LogP contribution in [-0.2, 0) is 6.54 Å². The fraction of sp³-hybridized carbons (Fsp3) is 0.267. The Hall–Kier alpha value is -3.93. The third-order valence-corrected chi connectivity index (χ3v) is 6.64. The number of amides is 1. The van der Waals surface area contributed by atoms with Crippen LogP contribution in [0.25, 0.3) is 11.0 Å². The standard InChI is InChI=1S/C30H28FNO4/c1-4-5-14-35-23-12-8-21(9-13-23)27-26-28(33)25-19(3)15-18(2)16-24(25)36-29(26)30(34)32(27)17-20-6-10-22(31)11-7-20/h6-13,15-16,27H,4-5,14,17H2,1-3H3. The van der Waals surface area contributed by atoms with Crippen LogP contribution in [0.4, 0.5) is 4.39 Å². The number of ether oxygens (including phenoxy) is 1. The van der Waals surface area contributed by atoms with Gasteiger partial charge < -0.3 is 14.1 Å². The predicted octanol–water partition coefficient (Wildman–Crippen LogP) is 6.47. The molecular weight excluding hydrogens is 457 g/mol. The smallest absolute Gasteiger partial charge is 0.291 e. The molecule has 0 saturated heterocycles. The molecule has 1 aliphatic rings. The maximum atomic E-state index is 13.9. The molecule has 0 bridgehead atoms. The van der Waals surface area contributed by atoms with Crippen LogP contribution in [0.15, 0.2) is 69.9 Å². The molecule has 6 heteroatoms. The molecule has 1 aromatic heterocycles. The molecule has 0 fully saturated rings. The van der Waals surface area contributed by atoms with Crippen molar-refractivity contribution >= 4 is 16.9 Å². The Morgan fingerprint density at radius 2 is 1.72 bits per heavy atom. The summed E-state index contributed by atoms with van der Waals surface area (Å²) in [6.45, 7) is 6.75. The predicted molar refractivity (Wildman–Crippen MR) is 137 cm³/mol. The van der Waals surface area contributed by atoms with Crippen molar-refractivity contribution in [2.45, 2.75) is 46.2 Å². The fourth-order valence-electron chi connectivity index (χ4n) is 4.89. The minimum atomic E-state index is -0.636. The SMILES string of the molecule is CCCCOc1ccc(C2c3c(oc4cc(C)cc(C)c4c3=O)C(=O)N2Cc2ccc(F)cc2)cc1. The van der Waals surface area contributed by atoms with Gasteiger partial charge in [0.05, 0.1) is 23.6 Å². The van der Waals surface area contributed by atoms with Crippen molar-refractivity contribution < 1.29 is 18.3 Å². The molecular formula is C30H28FNO4. The van der Waals surface area contributed by atoms with E-state index >= 15 is 0 Å². The Morgan fingerprint density at radius 1 is 1.00 bits per heavy atom. The topological polar surface area (TPSA) is 59.8 Å². The second-order valence-corrected chi connectivity index (χ2v) is 9.36. The number of halogens is 1. The summed E-state index contributed by atoms with van der Waals surface area (Å²) in [4.78, 5) is 29.1. The molecule has 0 saturated carbocycles. The average molecular weight is 486 g/mol. The lowest BCUT2D eigenvalue weighted by molar-refractivity contribution is 0.0714. The maximum absolute atomic E-state index is 13.9. The zero-order valence-electron chi connectivity index (χ0n) is 20.6. The van der Waals surface area contributed by atoms with Gasteiger partial charge in [-0.3, -0.25) is 9.59 Å². The summed E-state index contributed by atoms with van der Waals surface area (Å²) in [5.74, 6) is 0.0891. The highest BCUT2D eigenvalue weighted by molar-refractivity contribution is 5.99. The van der Waals surface area contributed by atoms with E-state index in [0.29, 0.717) is 23.1 Å². The van der Waals surface area contributed by atoms with Gasteiger partial charge in [-0.25, -0.2) is 4.39 Å². The number of unbranched alkanes of at least 4 members (excludes halogenated alkanes) is 1. The Labute approximate surface area is 209 Å². The van der Waals surface area contributed by atoms with Crippen LogP contribution < -0.4 is 10.2 Å². The van der Waals surface area contributed by atoms with Gasteiger partial charge in [-0.15, -0.1) is 0 Å². The zero-order chi connectivity index (χ0) is 25.4. The van der Waals surface area contributed by atoms with Gasteiger partial charge in [-0.2, -0.15) is 0 Å². The van der Waals surface area contributed by atoms with Crippen molar-refractivity contribution in [3.8, 4) is 5.75 Å². The number of hydrogen-bond donors (Lipinski definition) is 0. The zero-order valence-corrected chi connectivity index (χ0v) is 20.6. The summed E-state index contributed by atoms with van der Waals surface area (Å²) in [6.07, 6.45) is 2.00. The molecule has 5 rings (SSSR count). The second-order valence-electron chi connectivity index (χ2n) is 9.36. The molecule has 1 aliphatic heterocycles. The van der Waals surface area contributed by atoms with Gasteiger partial charge in [0.2, 0.25) is 5.76 Å². The number of fused-ring (bicyclic) bond motifs is 2. The minimum Gasteiger partial charge on any atom is -0.494 e. The van der Waals surface area contributed by atoms with Crippen LogP contribution in [0.2, 0.25) is 0 Å². The van der Waals surface area contributed by atoms with E-state index in [0.717, 1.165) is 40.8 Å². The molecule has 1 amide bonds. The van der Waals surface area contributed by atoms with Crippen molar-refractivity contribution in [1.29, 1.82) is 0 Å². The quantitative estimate of drug-likeness (QED) is 0.281. The Bertz CT molecular complexity index is 1490. The molecule has 3 aromatic carbocycles. The summed E-state index contributed by atoms with van der Waals surface area (Å²) in [5, 5.41) is 0.486. The monoisotopic (exact) mass is 485 g/mol. The lowest BCUT2D eigenvalue weighted by Crippen LogP contribution is -2.29. The summed E-state index contributed by atoms with van der Waals surface area (Å²) >= 11 is 0. The van der Waals surface area contributed by atoms with Crippen LogP contribution in [0.1, 0.15) is 64.2 Å². The second kappa shape index (κ2) is 9.61. The van der Waals surface area contributed by atoms with E-state index in [-0.39, 0.29) is 29.5 Å². The van der Waals surface area contributed by atoms with Crippen LogP contribution >= 0.6 is 0 Å². The number of aryl methyl sites for hydroxylation is 2. The molecule has 0 spiro atoms. The van der Waals surface area contributed by atoms with E-state index in [9.17, 15) is 14.0 Å². The normalized spacial score (nSPS) is 14.9. The first-order chi connectivity index (χ1) is 17.4. The van der Waals surface area contributed by atoms with E-state index in [1.54, 1.807) is 23.1 Å². The largest absolute Gasteiger partial charge is 0.494 e. The van der Waals surface area contributed by atoms with Gasteiger partial charge >= 0.3 is 0 Å². The first-order valence-electron chi connectivity index (χ1n) is 12.2. The van der Waals surface area contributed by atoms with E-state index in [4.69, 9.17) is 9.15 Å². The van der Waals surface area contributed by atoms with Gasteiger partial charge in [0.25, 0.3) is 5.91 Å². The van der Waals surface area contributed by atoms with E-state index in [1.807, 2.05) is 44.2 Å². The third-order valence-electron chi connectivity index (χ3n) is 6.64. The lowest BCUT2D eigenvalue weighted by Gasteiger charge is -2.25. The highest BCUT2D eigenvalue weighted by Crippen LogP contribution is 2.40. The highest BCUT2D eigenvalue weighted by Gasteiger charge is 2.42. The molecule has 2 heterocycles. The number of rotatable bonds is 7. The van der Waals surface area contributed by atoms with Crippen molar-refractivity contribution in [3.05, 3.63) is 110 Å².